The van der Waals surface area contributed by atoms with E-state index < -0.39 is 0 Å². The standard InChI is InChI=1S/C13H20N2O/c1-3-11-7-13(9-14-8-11)16-10-12-5-4-6-15(12)2/h7-9,12H,3-6,10H2,1-2H3/t12-/m0/s1. The van der Waals surface area contributed by atoms with Crippen LogP contribution in [-0.4, -0.2) is 36.1 Å². The van der Waals surface area contributed by atoms with Gasteiger partial charge in [0.2, 0.25) is 0 Å². The fourth-order valence-electron chi connectivity index (χ4n) is 2.12. The monoisotopic (exact) mass is 220 g/mol. The summed E-state index contributed by atoms with van der Waals surface area (Å²) in [5.41, 5.74) is 1.23. The average molecular weight is 220 g/mol. The molecule has 0 aromatic carbocycles. The van der Waals surface area contributed by atoms with E-state index in [1.807, 2.05) is 6.20 Å². The van der Waals surface area contributed by atoms with E-state index in [9.17, 15) is 0 Å². The molecular formula is C13H20N2O. The molecule has 0 radical (unpaired) electrons. The predicted molar refractivity (Wildman–Crippen MR) is 64.8 cm³/mol. The fourth-order valence-corrected chi connectivity index (χ4v) is 2.12. The zero-order chi connectivity index (χ0) is 11.4. The molecule has 2 rings (SSSR count). The van der Waals surface area contributed by atoms with E-state index in [0.29, 0.717) is 6.04 Å². The summed E-state index contributed by atoms with van der Waals surface area (Å²) in [5, 5.41) is 0. The first kappa shape index (κ1) is 11.4. The van der Waals surface area contributed by atoms with Crippen molar-refractivity contribution in [2.45, 2.75) is 32.2 Å². The summed E-state index contributed by atoms with van der Waals surface area (Å²) in [6, 6.07) is 2.66. The minimum atomic E-state index is 0.574. The largest absolute Gasteiger partial charge is 0.490 e. The van der Waals surface area contributed by atoms with E-state index in [1.54, 1.807) is 6.20 Å². The van der Waals surface area contributed by atoms with Gasteiger partial charge in [0.05, 0.1) is 6.20 Å². The lowest BCUT2D eigenvalue weighted by Gasteiger charge is -2.19. The van der Waals surface area contributed by atoms with Crippen LogP contribution < -0.4 is 4.74 Å². The zero-order valence-electron chi connectivity index (χ0n) is 10.1. The maximum Gasteiger partial charge on any atom is 0.137 e. The molecule has 88 valence electrons. The van der Waals surface area contributed by atoms with Gasteiger partial charge in [0.15, 0.2) is 0 Å². The number of hydrogen-bond donors (Lipinski definition) is 0. The zero-order valence-corrected chi connectivity index (χ0v) is 10.1. The third kappa shape index (κ3) is 2.73. The van der Waals surface area contributed by atoms with Crippen LogP contribution in [0.1, 0.15) is 25.3 Å². The maximum atomic E-state index is 5.80. The van der Waals surface area contributed by atoms with Gasteiger partial charge in [-0.15, -0.1) is 0 Å². The van der Waals surface area contributed by atoms with Crippen molar-refractivity contribution in [2.24, 2.45) is 0 Å². The molecule has 0 saturated carbocycles. The van der Waals surface area contributed by atoms with Gasteiger partial charge in [-0.25, -0.2) is 0 Å². The summed E-state index contributed by atoms with van der Waals surface area (Å²) < 4.78 is 5.80. The fraction of sp³-hybridized carbons (Fsp3) is 0.615. The van der Waals surface area contributed by atoms with Crippen molar-refractivity contribution in [2.75, 3.05) is 20.2 Å². The molecule has 1 aromatic heterocycles. The Morgan fingerprint density at radius 2 is 2.38 bits per heavy atom. The minimum absolute atomic E-state index is 0.574. The highest BCUT2D eigenvalue weighted by molar-refractivity contribution is 5.23. The quantitative estimate of drug-likeness (QED) is 0.777. The molecule has 0 bridgehead atoms. The van der Waals surface area contributed by atoms with Crippen molar-refractivity contribution >= 4 is 0 Å². The molecule has 1 aromatic rings. The molecule has 3 nitrogen and oxygen atoms in total. The van der Waals surface area contributed by atoms with Crippen LogP contribution in [0.25, 0.3) is 0 Å². The Labute approximate surface area is 97.4 Å². The first-order valence-corrected chi connectivity index (χ1v) is 6.06. The van der Waals surface area contributed by atoms with Crippen LogP contribution in [-0.2, 0) is 6.42 Å². The molecule has 0 amide bonds. The molecule has 2 heterocycles. The second kappa shape index (κ2) is 5.30. The Kier molecular flexibility index (Phi) is 3.78. The van der Waals surface area contributed by atoms with Gasteiger partial charge in [-0.1, -0.05) is 6.92 Å². The summed E-state index contributed by atoms with van der Waals surface area (Å²) in [6.45, 7) is 4.11. The van der Waals surface area contributed by atoms with Gasteiger partial charge in [0.1, 0.15) is 12.4 Å². The lowest BCUT2D eigenvalue weighted by Crippen LogP contribution is -2.30. The van der Waals surface area contributed by atoms with E-state index in [0.717, 1.165) is 18.8 Å². The Morgan fingerprint density at radius 1 is 1.50 bits per heavy atom. The number of nitrogens with zero attached hydrogens (tertiary/aromatic N) is 2. The molecule has 1 aliphatic heterocycles. The van der Waals surface area contributed by atoms with Crippen molar-refractivity contribution in [3.63, 3.8) is 0 Å². The van der Waals surface area contributed by atoms with Crippen LogP contribution >= 0.6 is 0 Å². The van der Waals surface area contributed by atoms with Gasteiger partial charge in [-0.3, -0.25) is 4.98 Å². The lowest BCUT2D eigenvalue weighted by atomic mass is 10.2. The molecule has 0 spiro atoms. The summed E-state index contributed by atoms with van der Waals surface area (Å²) in [7, 11) is 2.17. The van der Waals surface area contributed by atoms with E-state index in [4.69, 9.17) is 4.74 Å². The highest BCUT2D eigenvalue weighted by Crippen LogP contribution is 2.17. The number of likely N-dealkylation sites (tertiary alicyclic amines) is 1. The molecule has 1 aliphatic rings. The van der Waals surface area contributed by atoms with E-state index in [1.165, 1.54) is 24.9 Å². The number of rotatable bonds is 4. The SMILES string of the molecule is CCc1cncc(OC[C@@H]2CCCN2C)c1. The summed E-state index contributed by atoms with van der Waals surface area (Å²) in [4.78, 5) is 6.55. The summed E-state index contributed by atoms with van der Waals surface area (Å²) >= 11 is 0. The van der Waals surface area contributed by atoms with Gasteiger partial charge in [0, 0.05) is 12.2 Å². The number of aromatic nitrogens is 1. The van der Waals surface area contributed by atoms with Crippen LogP contribution in [0.3, 0.4) is 0 Å². The van der Waals surface area contributed by atoms with Gasteiger partial charge >= 0.3 is 0 Å². The Bertz CT molecular complexity index is 340. The third-order valence-electron chi connectivity index (χ3n) is 3.29. The van der Waals surface area contributed by atoms with E-state index in [2.05, 4.69) is 29.9 Å². The Morgan fingerprint density at radius 3 is 3.06 bits per heavy atom. The predicted octanol–water partition coefficient (Wildman–Crippen LogP) is 2.12. The van der Waals surface area contributed by atoms with Gasteiger partial charge in [-0.2, -0.15) is 0 Å². The molecule has 0 N–H and O–H groups in total. The molecule has 1 atom stereocenters. The first-order valence-electron chi connectivity index (χ1n) is 6.06. The molecule has 1 saturated heterocycles. The second-order valence-corrected chi connectivity index (χ2v) is 4.47. The molecule has 1 fully saturated rings. The van der Waals surface area contributed by atoms with Crippen molar-refractivity contribution in [3.8, 4) is 5.75 Å². The van der Waals surface area contributed by atoms with Crippen LogP contribution in [0.4, 0.5) is 0 Å². The number of ether oxygens (including phenoxy) is 1. The smallest absolute Gasteiger partial charge is 0.137 e. The van der Waals surface area contributed by atoms with Crippen LogP contribution in [0.15, 0.2) is 18.5 Å². The van der Waals surface area contributed by atoms with Crippen LogP contribution in [0.5, 0.6) is 5.75 Å². The Balaban J connectivity index is 1.88. The van der Waals surface area contributed by atoms with Crippen molar-refractivity contribution < 1.29 is 4.74 Å². The average Bonchev–Trinajstić information content (AvgIpc) is 2.72. The number of hydrogen-bond acceptors (Lipinski definition) is 3. The summed E-state index contributed by atoms with van der Waals surface area (Å²) in [5.74, 6) is 0.902. The first-order chi connectivity index (χ1) is 7.79. The number of aryl methyl sites for hydroxylation is 1. The number of pyridine rings is 1. The lowest BCUT2D eigenvalue weighted by molar-refractivity contribution is 0.197. The normalized spacial score (nSPS) is 21.2. The molecule has 0 aliphatic carbocycles. The van der Waals surface area contributed by atoms with Crippen LogP contribution in [0, 0.1) is 0 Å². The van der Waals surface area contributed by atoms with E-state index in [-0.39, 0.29) is 0 Å². The van der Waals surface area contributed by atoms with Crippen molar-refractivity contribution in [1.82, 2.24) is 9.88 Å². The van der Waals surface area contributed by atoms with Gasteiger partial charge in [-0.05, 0) is 44.5 Å². The molecule has 0 unspecified atom stereocenters. The van der Waals surface area contributed by atoms with Crippen LogP contribution in [0.2, 0.25) is 0 Å². The van der Waals surface area contributed by atoms with Gasteiger partial charge < -0.3 is 9.64 Å². The second-order valence-electron chi connectivity index (χ2n) is 4.47. The third-order valence-corrected chi connectivity index (χ3v) is 3.29. The summed E-state index contributed by atoms with van der Waals surface area (Å²) in [6.07, 6.45) is 7.24. The molecular weight excluding hydrogens is 200 g/mol. The molecule has 16 heavy (non-hydrogen) atoms. The maximum absolute atomic E-state index is 5.80. The Hall–Kier alpha value is -1.09. The number of likely N-dealkylation sites (N-methyl/N-ethyl adjacent to an activating group) is 1. The van der Waals surface area contributed by atoms with Crippen molar-refractivity contribution in [3.05, 3.63) is 24.0 Å². The highest BCUT2D eigenvalue weighted by atomic mass is 16.5. The van der Waals surface area contributed by atoms with E-state index >= 15 is 0 Å². The highest BCUT2D eigenvalue weighted by Gasteiger charge is 2.21. The van der Waals surface area contributed by atoms with Crippen molar-refractivity contribution in [1.29, 1.82) is 0 Å². The van der Waals surface area contributed by atoms with Gasteiger partial charge in [0.25, 0.3) is 0 Å². The minimum Gasteiger partial charge on any atom is -0.490 e. The molecule has 3 heteroatoms. The topological polar surface area (TPSA) is 25.4 Å².